The molecule has 0 N–H and O–H groups in total. The maximum atomic E-state index is 10.9. The van der Waals surface area contributed by atoms with E-state index < -0.39 is 0 Å². The predicted octanol–water partition coefficient (Wildman–Crippen LogP) is 3.94. The molecule has 0 saturated carbocycles. The Morgan fingerprint density at radius 2 is 1.80 bits per heavy atom. The standard InChI is InChI=1S/C13H26O2/c1-4-5-6-7-8-9-12(2)10-11-13(14)15-3/h12H,4-11H2,1-3H3. The predicted molar refractivity (Wildman–Crippen MR) is 63.8 cm³/mol. The van der Waals surface area contributed by atoms with Crippen molar-refractivity contribution in [2.75, 3.05) is 7.11 Å². The van der Waals surface area contributed by atoms with Crippen molar-refractivity contribution in [1.29, 1.82) is 0 Å². The van der Waals surface area contributed by atoms with Gasteiger partial charge in [0.15, 0.2) is 0 Å². The zero-order valence-corrected chi connectivity index (χ0v) is 10.6. The zero-order chi connectivity index (χ0) is 11.5. The smallest absolute Gasteiger partial charge is 0.305 e. The molecular weight excluding hydrogens is 188 g/mol. The van der Waals surface area contributed by atoms with Gasteiger partial charge in [0.05, 0.1) is 7.11 Å². The molecule has 0 radical (unpaired) electrons. The largest absolute Gasteiger partial charge is 0.469 e. The van der Waals surface area contributed by atoms with E-state index in [1.54, 1.807) is 0 Å². The molecule has 0 aromatic rings. The van der Waals surface area contributed by atoms with E-state index >= 15 is 0 Å². The number of unbranched alkanes of at least 4 members (excludes halogenated alkanes) is 4. The molecule has 0 aromatic heterocycles. The van der Waals surface area contributed by atoms with Gasteiger partial charge < -0.3 is 4.74 Å². The normalized spacial score (nSPS) is 12.5. The fourth-order valence-corrected chi connectivity index (χ4v) is 1.71. The van der Waals surface area contributed by atoms with Crippen LogP contribution in [0.4, 0.5) is 0 Å². The monoisotopic (exact) mass is 214 g/mol. The number of rotatable bonds is 9. The third-order valence-corrected chi connectivity index (χ3v) is 2.87. The maximum Gasteiger partial charge on any atom is 0.305 e. The van der Waals surface area contributed by atoms with Crippen LogP contribution in [0.1, 0.15) is 65.2 Å². The highest BCUT2D eigenvalue weighted by Crippen LogP contribution is 2.15. The molecule has 2 nitrogen and oxygen atoms in total. The highest BCUT2D eigenvalue weighted by atomic mass is 16.5. The molecular formula is C13H26O2. The first kappa shape index (κ1) is 14.5. The van der Waals surface area contributed by atoms with Crippen molar-refractivity contribution in [3.8, 4) is 0 Å². The highest BCUT2D eigenvalue weighted by Gasteiger charge is 2.06. The lowest BCUT2D eigenvalue weighted by Gasteiger charge is -2.09. The van der Waals surface area contributed by atoms with E-state index in [0.717, 1.165) is 6.42 Å². The third-order valence-electron chi connectivity index (χ3n) is 2.87. The van der Waals surface area contributed by atoms with Crippen LogP contribution in [0.5, 0.6) is 0 Å². The molecule has 0 saturated heterocycles. The second-order valence-electron chi connectivity index (χ2n) is 4.42. The topological polar surface area (TPSA) is 26.3 Å². The molecule has 2 heteroatoms. The van der Waals surface area contributed by atoms with E-state index in [9.17, 15) is 4.79 Å². The Kier molecular flexibility index (Phi) is 9.65. The van der Waals surface area contributed by atoms with Crippen molar-refractivity contribution >= 4 is 5.97 Å². The van der Waals surface area contributed by atoms with Gasteiger partial charge in [-0.15, -0.1) is 0 Å². The molecule has 0 bridgehead atoms. The fourth-order valence-electron chi connectivity index (χ4n) is 1.71. The van der Waals surface area contributed by atoms with Crippen molar-refractivity contribution in [1.82, 2.24) is 0 Å². The lowest BCUT2D eigenvalue weighted by Crippen LogP contribution is -2.03. The van der Waals surface area contributed by atoms with E-state index in [1.807, 2.05) is 0 Å². The lowest BCUT2D eigenvalue weighted by atomic mass is 9.98. The molecule has 90 valence electrons. The molecule has 0 aromatic carbocycles. The maximum absolute atomic E-state index is 10.9. The van der Waals surface area contributed by atoms with E-state index in [1.165, 1.54) is 45.6 Å². The molecule has 0 aliphatic heterocycles. The minimum atomic E-state index is -0.0761. The number of hydrogen-bond donors (Lipinski definition) is 0. The van der Waals surface area contributed by atoms with Gasteiger partial charge in [-0.25, -0.2) is 0 Å². The van der Waals surface area contributed by atoms with Crippen LogP contribution in [0.2, 0.25) is 0 Å². The number of esters is 1. The van der Waals surface area contributed by atoms with E-state index in [2.05, 4.69) is 18.6 Å². The Morgan fingerprint density at radius 3 is 2.40 bits per heavy atom. The van der Waals surface area contributed by atoms with Gasteiger partial charge in [-0.3, -0.25) is 4.79 Å². The van der Waals surface area contributed by atoms with E-state index in [-0.39, 0.29) is 5.97 Å². The Bertz CT molecular complexity index is 155. The number of ether oxygens (including phenoxy) is 1. The summed E-state index contributed by atoms with van der Waals surface area (Å²) in [5, 5.41) is 0. The number of carbonyl (C=O) groups excluding carboxylic acids is 1. The van der Waals surface area contributed by atoms with Crippen molar-refractivity contribution in [2.24, 2.45) is 5.92 Å². The highest BCUT2D eigenvalue weighted by molar-refractivity contribution is 5.69. The first-order chi connectivity index (χ1) is 7.20. The minimum Gasteiger partial charge on any atom is -0.469 e. The van der Waals surface area contributed by atoms with Gasteiger partial charge in [0.1, 0.15) is 0 Å². The molecule has 0 aliphatic rings. The molecule has 0 spiro atoms. The van der Waals surface area contributed by atoms with Gasteiger partial charge in [-0.05, 0) is 12.3 Å². The van der Waals surface area contributed by atoms with Crippen LogP contribution in [-0.4, -0.2) is 13.1 Å². The summed E-state index contributed by atoms with van der Waals surface area (Å²) in [6, 6.07) is 0. The number of carbonyl (C=O) groups is 1. The zero-order valence-electron chi connectivity index (χ0n) is 10.6. The summed E-state index contributed by atoms with van der Waals surface area (Å²) in [5.41, 5.74) is 0. The summed E-state index contributed by atoms with van der Waals surface area (Å²) in [7, 11) is 1.46. The van der Waals surface area contributed by atoms with Crippen LogP contribution in [0.15, 0.2) is 0 Å². The first-order valence-electron chi connectivity index (χ1n) is 6.27. The van der Waals surface area contributed by atoms with Crippen molar-refractivity contribution < 1.29 is 9.53 Å². The summed E-state index contributed by atoms with van der Waals surface area (Å²) in [5.74, 6) is 0.582. The molecule has 0 aliphatic carbocycles. The number of methoxy groups -OCH3 is 1. The Balaban J connectivity index is 3.25. The van der Waals surface area contributed by atoms with Crippen molar-refractivity contribution in [3.63, 3.8) is 0 Å². The second-order valence-corrected chi connectivity index (χ2v) is 4.42. The van der Waals surface area contributed by atoms with Gasteiger partial charge in [0, 0.05) is 6.42 Å². The Hall–Kier alpha value is -0.530. The van der Waals surface area contributed by atoms with Crippen LogP contribution in [0.25, 0.3) is 0 Å². The van der Waals surface area contributed by atoms with Crippen LogP contribution < -0.4 is 0 Å². The van der Waals surface area contributed by atoms with Crippen molar-refractivity contribution in [3.05, 3.63) is 0 Å². The molecule has 15 heavy (non-hydrogen) atoms. The summed E-state index contributed by atoms with van der Waals surface area (Å²) in [6.07, 6.45) is 9.47. The fraction of sp³-hybridized carbons (Fsp3) is 0.923. The second kappa shape index (κ2) is 10.0. The van der Waals surface area contributed by atoms with Gasteiger partial charge >= 0.3 is 5.97 Å². The van der Waals surface area contributed by atoms with Crippen LogP contribution in [-0.2, 0) is 9.53 Å². The summed E-state index contributed by atoms with van der Waals surface area (Å²) >= 11 is 0. The number of hydrogen-bond acceptors (Lipinski definition) is 2. The Labute approximate surface area is 94.4 Å². The van der Waals surface area contributed by atoms with Crippen LogP contribution in [0, 0.1) is 5.92 Å². The average Bonchev–Trinajstić information content (AvgIpc) is 2.25. The molecule has 0 heterocycles. The molecule has 0 amide bonds. The van der Waals surface area contributed by atoms with E-state index in [4.69, 9.17) is 0 Å². The van der Waals surface area contributed by atoms with Gasteiger partial charge in [-0.1, -0.05) is 52.4 Å². The van der Waals surface area contributed by atoms with Gasteiger partial charge in [0.25, 0.3) is 0 Å². The molecule has 1 unspecified atom stereocenters. The summed E-state index contributed by atoms with van der Waals surface area (Å²) < 4.78 is 4.62. The van der Waals surface area contributed by atoms with Gasteiger partial charge in [0.2, 0.25) is 0 Å². The van der Waals surface area contributed by atoms with Crippen LogP contribution >= 0.6 is 0 Å². The van der Waals surface area contributed by atoms with E-state index in [0.29, 0.717) is 12.3 Å². The summed E-state index contributed by atoms with van der Waals surface area (Å²) in [6.45, 7) is 4.46. The van der Waals surface area contributed by atoms with Gasteiger partial charge in [-0.2, -0.15) is 0 Å². The average molecular weight is 214 g/mol. The third kappa shape index (κ3) is 9.77. The molecule has 1 atom stereocenters. The SMILES string of the molecule is CCCCCCCC(C)CCC(=O)OC. The minimum absolute atomic E-state index is 0.0761. The quantitative estimate of drug-likeness (QED) is 0.429. The van der Waals surface area contributed by atoms with Crippen molar-refractivity contribution in [2.45, 2.75) is 65.2 Å². The molecule has 0 fully saturated rings. The lowest BCUT2D eigenvalue weighted by molar-refractivity contribution is -0.140. The summed E-state index contributed by atoms with van der Waals surface area (Å²) in [4.78, 5) is 10.9. The molecule has 0 rings (SSSR count). The Morgan fingerprint density at radius 1 is 1.13 bits per heavy atom. The van der Waals surface area contributed by atoms with Crippen LogP contribution in [0.3, 0.4) is 0 Å². The first-order valence-corrected chi connectivity index (χ1v) is 6.27.